The maximum atomic E-state index is 13.7. The summed E-state index contributed by atoms with van der Waals surface area (Å²) in [6.45, 7) is 0. The van der Waals surface area contributed by atoms with E-state index in [1.54, 1.807) is 0 Å². The van der Waals surface area contributed by atoms with Gasteiger partial charge in [0, 0.05) is 24.0 Å². The van der Waals surface area contributed by atoms with Gasteiger partial charge in [-0.1, -0.05) is 0 Å². The Morgan fingerprint density at radius 2 is 1.78 bits per heavy atom. The fourth-order valence-electron chi connectivity index (χ4n) is 1.76. The molecule has 120 valence electrons. The third kappa shape index (κ3) is 3.89. The summed E-state index contributed by atoms with van der Waals surface area (Å²) in [4.78, 5) is 21.8. The number of carbonyl (C=O) groups is 1. The third-order valence-electron chi connectivity index (χ3n) is 2.95. The number of carbonyl (C=O) groups excluding carboxylic acids is 1. The molecule has 9 heteroatoms. The standard InChI is InChI=1S/C14H11FN2O5S/c1-23(21,22)11-6-7-12(15)13(8-11)16-14(18)9-2-4-10(5-3-9)17(19)20/h2-8H,1H3,(H,16,18). The molecule has 2 aromatic rings. The van der Waals surface area contributed by atoms with Crippen LogP contribution in [0.3, 0.4) is 0 Å². The maximum Gasteiger partial charge on any atom is 0.269 e. The van der Waals surface area contributed by atoms with E-state index in [1.807, 2.05) is 0 Å². The minimum Gasteiger partial charge on any atom is -0.319 e. The Bertz CT molecular complexity index is 879. The third-order valence-corrected chi connectivity index (χ3v) is 4.06. The number of hydrogen-bond donors (Lipinski definition) is 1. The van der Waals surface area contributed by atoms with Crippen LogP contribution in [0, 0.1) is 15.9 Å². The van der Waals surface area contributed by atoms with Gasteiger partial charge in [-0.25, -0.2) is 12.8 Å². The average Bonchev–Trinajstić information content (AvgIpc) is 2.48. The van der Waals surface area contributed by atoms with Crippen LogP contribution in [0.5, 0.6) is 0 Å². The van der Waals surface area contributed by atoms with Gasteiger partial charge in [-0.3, -0.25) is 14.9 Å². The molecule has 0 spiro atoms. The molecule has 0 unspecified atom stereocenters. The van der Waals surface area contributed by atoms with Crippen molar-refractivity contribution >= 4 is 27.1 Å². The minimum absolute atomic E-state index is 0.0692. The molecule has 0 atom stereocenters. The lowest BCUT2D eigenvalue weighted by Crippen LogP contribution is -2.13. The molecule has 0 bridgehead atoms. The van der Waals surface area contributed by atoms with Crippen molar-refractivity contribution in [2.75, 3.05) is 11.6 Å². The largest absolute Gasteiger partial charge is 0.319 e. The van der Waals surface area contributed by atoms with E-state index in [0.717, 1.165) is 36.6 Å². The van der Waals surface area contributed by atoms with Crippen LogP contribution < -0.4 is 5.32 Å². The molecule has 7 nitrogen and oxygen atoms in total. The number of nitrogens with zero attached hydrogens (tertiary/aromatic N) is 1. The van der Waals surface area contributed by atoms with Crippen LogP contribution in [-0.4, -0.2) is 25.5 Å². The van der Waals surface area contributed by atoms with Gasteiger partial charge in [0.1, 0.15) is 5.82 Å². The lowest BCUT2D eigenvalue weighted by atomic mass is 10.2. The quantitative estimate of drug-likeness (QED) is 0.523. The van der Waals surface area contributed by atoms with Crippen molar-refractivity contribution in [2.45, 2.75) is 4.90 Å². The first-order chi connectivity index (χ1) is 10.7. The zero-order chi connectivity index (χ0) is 17.2. The highest BCUT2D eigenvalue weighted by atomic mass is 32.2. The van der Waals surface area contributed by atoms with Gasteiger partial charge in [0.15, 0.2) is 9.84 Å². The van der Waals surface area contributed by atoms with E-state index in [2.05, 4.69) is 5.32 Å². The van der Waals surface area contributed by atoms with Crippen molar-refractivity contribution in [3.05, 3.63) is 64.0 Å². The van der Waals surface area contributed by atoms with E-state index in [9.17, 15) is 27.7 Å². The summed E-state index contributed by atoms with van der Waals surface area (Å²) in [6.07, 6.45) is 0.960. The summed E-state index contributed by atoms with van der Waals surface area (Å²) in [7, 11) is -3.55. The molecule has 0 saturated carbocycles. The number of benzene rings is 2. The van der Waals surface area contributed by atoms with E-state index in [4.69, 9.17) is 0 Å². The van der Waals surface area contributed by atoms with Crippen LogP contribution >= 0.6 is 0 Å². The topological polar surface area (TPSA) is 106 Å². The number of anilines is 1. The van der Waals surface area contributed by atoms with E-state index >= 15 is 0 Å². The molecule has 1 amide bonds. The number of sulfone groups is 1. The van der Waals surface area contributed by atoms with Gasteiger partial charge in [-0.2, -0.15) is 0 Å². The molecule has 23 heavy (non-hydrogen) atoms. The van der Waals surface area contributed by atoms with Crippen LogP contribution in [0.4, 0.5) is 15.8 Å². The fourth-order valence-corrected chi connectivity index (χ4v) is 2.41. The van der Waals surface area contributed by atoms with Gasteiger partial charge in [0.05, 0.1) is 15.5 Å². The Hall–Kier alpha value is -2.81. The van der Waals surface area contributed by atoms with E-state index in [0.29, 0.717) is 0 Å². The lowest BCUT2D eigenvalue weighted by molar-refractivity contribution is -0.384. The Kier molecular flexibility index (Phi) is 4.41. The molecule has 0 radical (unpaired) electrons. The first-order valence-electron chi connectivity index (χ1n) is 6.24. The smallest absolute Gasteiger partial charge is 0.269 e. The highest BCUT2D eigenvalue weighted by Gasteiger charge is 2.15. The van der Waals surface area contributed by atoms with Gasteiger partial charge >= 0.3 is 0 Å². The Labute approximate surface area is 130 Å². The maximum absolute atomic E-state index is 13.7. The number of nitrogens with one attached hydrogen (secondary N) is 1. The van der Waals surface area contributed by atoms with Crippen LogP contribution in [0.2, 0.25) is 0 Å². The number of amides is 1. The molecule has 0 aromatic heterocycles. The van der Waals surface area contributed by atoms with Crippen LogP contribution in [0.25, 0.3) is 0 Å². The molecule has 0 saturated heterocycles. The molecular weight excluding hydrogens is 327 g/mol. The van der Waals surface area contributed by atoms with E-state index in [-0.39, 0.29) is 21.8 Å². The second-order valence-electron chi connectivity index (χ2n) is 4.67. The second kappa shape index (κ2) is 6.13. The number of halogens is 1. The number of non-ortho nitro benzene ring substituents is 1. The number of hydrogen-bond acceptors (Lipinski definition) is 5. The van der Waals surface area contributed by atoms with Crippen molar-refractivity contribution < 1.29 is 22.5 Å². The van der Waals surface area contributed by atoms with Crippen molar-refractivity contribution in [3.8, 4) is 0 Å². The molecule has 0 fully saturated rings. The van der Waals surface area contributed by atoms with Crippen molar-refractivity contribution in [2.24, 2.45) is 0 Å². The van der Waals surface area contributed by atoms with Crippen molar-refractivity contribution in [3.63, 3.8) is 0 Å². The molecule has 0 heterocycles. The Morgan fingerprint density at radius 1 is 1.17 bits per heavy atom. The normalized spacial score (nSPS) is 11.0. The van der Waals surface area contributed by atoms with Gasteiger partial charge in [-0.15, -0.1) is 0 Å². The zero-order valence-corrected chi connectivity index (χ0v) is 12.6. The summed E-state index contributed by atoms with van der Waals surface area (Å²) in [5, 5.41) is 12.8. The average molecular weight is 338 g/mol. The first kappa shape index (κ1) is 16.6. The molecule has 1 N–H and O–H groups in total. The molecular formula is C14H11FN2O5S. The summed E-state index contributed by atoms with van der Waals surface area (Å²) in [6, 6.07) is 7.73. The lowest BCUT2D eigenvalue weighted by Gasteiger charge is -2.08. The molecule has 2 aromatic carbocycles. The predicted molar refractivity (Wildman–Crippen MR) is 80.6 cm³/mol. The van der Waals surface area contributed by atoms with Crippen molar-refractivity contribution in [1.82, 2.24) is 0 Å². The summed E-state index contributed by atoms with van der Waals surface area (Å²) >= 11 is 0. The fraction of sp³-hybridized carbons (Fsp3) is 0.0714. The Morgan fingerprint density at radius 3 is 2.30 bits per heavy atom. The van der Waals surface area contributed by atoms with Crippen LogP contribution in [0.15, 0.2) is 47.4 Å². The summed E-state index contributed by atoms with van der Waals surface area (Å²) in [5.41, 5.74) is -0.414. The predicted octanol–water partition coefficient (Wildman–Crippen LogP) is 2.39. The number of rotatable bonds is 4. The highest BCUT2D eigenvalue weighted by Crippen LogP contribution is 2.21. The van der Waals surface area contributed by atoms with Gasteiger partial charge in [0.2, 0.25) is 0 Å². The summed E-state index contributed by atoms with van der Waals surface area (Å²) < 4.78 is 36.6. The second-order valence-corrected chi connectivity index (χ2v) is 6.69. The molecule has 2 rings (SSSR count). The zero-order valence-electron chi connectivity index (χ0n) is 11.8. The van der Waals surface area contributed by atoms with Gasteiger partial charge in [-0.05, 0) is 30.3 Å². The number of nitro benzene ring substituents is 1. The van der Waals surface area contributed by atoms with Crippen LogP contribution in [-0.2, 0) is 9.84 Å². The van der Waals surface area contributed by atoms with Crippen molar-refractivity contribution in [1.29, 1.82) is 0 Å². The van der Waals surface area contributed by atoms with Gasteiger partial charge < -0.3 is 5.32 Å². The Balaban J connectivity index is 2.28. The monoisotopic (exact) mass is 338 g/mol. The van der Waals surface area contributed by atoms with E-state index in [1.165, 1.54) is 12.1 Å². The van der Waals surface area contributed by atoms with Gasteiger partial charge in [0.25, 0.3) is 11.6 Å². The molecule has 0 aliphatic rings. The molecule has 0 aliphatic heterocycles. The molecule has 0 aliphatic carbocycles. The van der Waals surface area contributed by atoms with Crippen LogP contribution in [0.1, 0.15) is 10.4 Å². The summed E-state index contributed by atoms with van der Waals surface area (Å²) in [5.74, 6) is -1.52. The minimum atomic E-state index is -3.55. The van der Waals surface area contributed by atoms with E-state index < -0.39 is 26.5 Å². The SMILES string of the molecule is CS(=O)(=O)c1ccc(F)c(NC(=O)c2ccc([N+](=O)[O-])cc2)c1. The first-order valence-corrected chi connectivity index (χ1v) is 8.13. The number of nitro groups is 1. The highest BCUT2D eigenvalue weighted by molar-refractivity contribution is 7.90.